The van der Waals surface area contributed by atoms with Crippen LogP contribution in [0.2, 0.25) is 0 Å². The van der Waals surface area contributed by atoms with E-state index >= 15 is 0 Å². The Bertz CT molecular complexity index is 1010. The van der Waals surface area contributed by atoms with Crippen molar-refractivity contribution in [2.45, 2.75) is 51.0 Å². The summed E-state index contributed by atoms with van der Waals surface area (Å²) in [4.78, 5) is 36.2. The van der Waals surface area contributed by atoms with Gasteiger partial charge in [-0.25, -0.2) is 4.79 Å². The summed E-state index contributed by atoms with van der Waals surface area (Å²) in [7, 11) is 0. The highest BCUT2D eigenvalue weighted by Crippen LogP contribution is 2.44. The number of aliphatic carboxylic acids is 1. The highest BCUT2D eigenvalue weighted by atomic mass is 16.5. The number of hydrogen-bond donors (Lipinski definition) is 3. The van der Waals surface area contributed by atoms with E-state index in [2.05, 4.69) is 34.9 Å². The van der Waals surface area contributed by atoms with Crippen molar-refractivity contribution in [3.63, 3.8) is 0 Å². The van der Waals surface area contributed by atoms with Gasteiger partial charge in [0.15, 0.2) is 0 Å². The fourth-order valence-electron chi connectivity index (χ4n) is 5.11. The molecule has 0 bridgehead atoms. The van der Waals surface area contributed by atoms with Crippen LogP contribution in [0.5, 0.6) is 0 Å². The van der Waals surface area contributed by atoms with Gasteiger partial charge in [0.1, 0.15) is 6.61 Å². The van der Waals surface area contributed by atoms with Crippen LogP contribution in [0, 0.1) is 11.8 Å². The second-order valence-corrected chi connectivity index (χ2v) is 9.29. The van der Waals surface area contributed by atoms with Crippen molar-refractivity contribution < 1.29 is 24.2 Å². The monoisotopic (exact) mass is 464 g/mol. The maximum Gasteiger partial charge on any atom is 0.407 e. The highest BCUT2D eigenvalue weighted by Gasteiger charge is 2.35. The number of amides is 2. The number of carboxylic acids is 1. The molecule has 3 atom stereocenters. The number of alkyl carbamates (subject to hydrolysis) is 1. The van der Waals surface area contributed by atoms with Crippen LogP contribution in [0.4, 0.5) is 4.79 Å². The van der Waals surface area contributed by atoms with Crippen LogP contribution >= 0.6 is 0 Å². The van der Waals surface area contributed by atoms with Crippen molar-refractivity contribution in [2.75, 3.05) is 13.2 Å². The lowest BCUT2D eigenvalue weighted by Gasteiger charge is -2.21. The predicted molar refractivity (Wildman–Crippen MR) is 128 cm³/mol. The predicted octanol–water partition coefficient (Wildman–Crippen LogP) is 4.31. The van der Waals surface area contributed by atoms with E-state index in [9.17, 15) is 14.4 Å². The summed E-state index contributed by atoms with van der Waals surface area (Å²) in [6, 6.07) is 16.1. The summed E-state index contributed by atoms with van der Waals surface area (Å²) in [6.45, 7) is 2.34. The fourth-order valence-corrected chi connectivity index (χ4v) is 5.11. The van der Waals surface area contributed by atoms with Crippen molar-refractivity contribution in [1.29, 1.82) is 0 Å². The number of nitrogens with one attached hydrogen (secondary N) is 2. The Morgan fingerprint density at radius 2 is 1.68 bits per heavy atom. The SMILES string of the molecule is CC(CCCNC(=O)[C@@H]1CCC[C@@H]1NC(=O)OCC1c2ccccc2-c2ccccc21)C(=O)O. The molecule has 2 aromatic rings. The van der Waals surface area contributed by atoms with Crippen molar-refractivity contribution in [3.05, 3.63) is 59.7 Å². The molecule has 2 aliphatic carbocycles. The van der Waals surface area contributed by atoms with Crippen molar-refractivity contribution >= 4 is 18.0 Å². The lowest BCUT2D eigenvalue weighted by molar-refractivity contribution is -0.141. The van der Waals surface area contributed by atoms with E-state index in [1.807, 2.05) is 24.3 Å². The molecule has 4 rings (SSSR count). The minimum absolute atomic E-state index is 0.00554. The van der Waals surface area contributed by atoms with E-state index in [0.717, 1.165) is 24.0 Å². The number of fused-ring (bicyclic) bond motifs is 3. The van der Waals surface area contributed by atoms with E-state index in [1.165, 1.54) is 11.1 Å². The third kappa shape index (κ3) is 5.24. The lowest BCUT2D eigenvalue weighted by atomic mass is 9.98. The van der Waals surface area contributed by atoms with Gasteiger partial charge < -0.3 is 20.5 Å². The summed E-state index contributed by atoms with van der Waals surface area (Å²) in [5.41, 5.74) is 4.67. The normalized spacial score (nSPS) is 19.7. The van der Waals surface area contributed by atoms with Gasteiger partial charge in [-0.3, -0.25) is 9.59 Å². The van der Waals surface area contributed by atoms with Gasteiger partial charge >= 0.3 is 12.1 Å². The smallest absolute Gasteiger partial charge is 0.407 e. The molecule has 0 heterocycles. The Kier molecular flexibility index (Phi) is 7.50. The maximum absolute atomic E-state index is 12.6. The topological polar surface area (TPSA) is 105 Å². The first kappa shape index (κ1) is 23.8. The summed E-state index contributed by atoms with van der Waals surface area (Å²) < 4.78 is 5.64. The van der Waals surface area contributed by atoms with E-state index in [4.69, 9.17) is 9.84 Å². The Labute approximate surface area is 199 Å². The molecule has 180 valence electrons. The highest BCUT2D eigenvalue weighted by molar-refractivity contribution is 5.81. The Hall–Kier alpha value is -3.35. The minimum atomic E-state index is -0.825. The molecule has 3 N–H and O–H groups in total. The van der Waals surface area contributed by atoms with E-state index in [0.29, 0.717) is 25.8 Å². The van der Waals surface area contributed by atoms with Gasteiger partial charge in [-0.15, -0.1) is 0 Å². The number of carbonyl (C=O) groups is 3. The third-order valence-corrected chi connectivity index (χ3v) is 7.03. The Morgan fingerprint density at radius 1 is 1.03 bits per heavy atom. The molecule has 7 heteroatoms. The number of rotatable bonds is 9. The second-order valence-electron chi connectivity index (χ2n) is 9.29. The summed E-state index contributed by atoms with van der Waals surface area (Å²) in [5, 5.41) is 14.8. The van der Waals surface area contributed by atoms with Crippen LogP contribution in [0.3, 0.4) is 0 Å². The zero-order valence-corrected chi connectivity index (χ0v) is 19.5. The van der Waals surface area contributed by atoms with Crippen LogP contribution in [-0.2, 0) is 14.3 Å². The first-order valence-electron chi connectivity index (χ1n) is 12.1. The molecular weight excluding hydrogens is 432 g/mol. The van der Waals surface area contributed by atoms with Gasteiger partial charge in [0.2, 0.25) is 5.91 Å². The summed E-state index contributed by atoms with van der Waals surface area (Å²) in [6.07, 6.45) is 2.94. The fraction of sp³-hybridized carbons (Fsp3) is 0.444. The zero-order chi connectivity index (χ0) is 24.1. The largest absolute Gasteiger partial charge is 0.481 e. The van der Waals surface area contributed by atoms with Crippen LogP contribution in [-0.4, -0.2) is 42.3 Å². The van der Waals surface area contributed by atoms with Gasteiger partial charge in [-0.05, 0) is 47.9 Å². The number of hydrogen-bond acceptors (Lipinski definition) is 4. The molecule has 1 unspecified atom stereocenters. The van der Waals surface area contributed by atoms with Gasteiger partial charge in [0.25, 0.3) is 0 Å². The van der Waals surface area contributed by atoms with Crippen LogP contribution in [0.15, 0.2) is 48.5 Å². The molecule has 0 aliphatic heterocycles. The van der Waals surface area contributed by atoms with E-state index in [1.54, 1.807) is 6.92 Å². The van der Waals surface area contributed by atoms with Crippen LogP contribution in [0.1, 0.15) is 56.1 Å². The van der Waals surface area contributed by atoms with Gasteiger partial charge in [-0.1, -0.05) is 61.9 Å². The number of benzene rings is 2. The third-order valence-electron chi connectivity index (χ3n) is 7.03. The first-order chi connectivity index (χ1) is 16.5. The average molecular weight is 465 g/mol. The average Bonchev–Trinajstić information content (AvgIpc) is 3.42. The maximum atomic E-state index is 12.6. The van der Waals surface area contributed by atoms with Crippen molar-refractivity contribution in [2.24, 2.45) is 11.8 Å². The molecule has 7 nitrogen and oxygen atoms in total. The van der Waals surface area contributed by atoms with Crippen molar-refractivity contribution in [1.82, 2.24) is 10.6 Å². The molecule has 0 spiro atoms. The summed E-state index contributed by atoms with van der Waals surface area (Å²) in [5.74, 6) is -1.64. The molecule has 2 aromatic carbocycles. The van der Waals surface area contributed by atoms with E-state index in [-0.39, 0.29) is 30.4 Å². The standard InChI is InChI=1S/C27H32N2O5/c1-17(26(31)32)8-7-15-28-25(30)22-13-6-14-24(22)29-27(33)34-16-23-20-11-4-2-9-18(20)19-10-3-5-12-21(19)23/h2-5,9-12,17,22-24H,6-8,13-16H2,1H3,(H,28,30)(H,29,33)(H,31,32)/t17?,22-,24+/m1/s1. The number of carboxylic acid groups (broad SMARTS) is 1. The molecule has 1 fully saturated rings. The zero-order valence-electron chi connectivity index (χ0n) is 19.5. The van der Waals surface area contributed by atoms with E-state index < -0.39 is 18.0 Å². The minimum Gasteiger partial charge on any atom is -0.481 e. The molecule has 2 aliphatic rings. The Morgan fingerprint density at radius 3 is 2.32 bits per heavy atom. The molecule has 1 saturated carbocycles. The van der Waals surface area contributed by atoms with Gasteiger partial charge in [-0.2, -0.15) is 0 Å². The molecule has 2 amide bonds. The lowest BCUT2D eigenvalue weighted by Crippen LogP contribution is -2.44. The van der Waals surface area contributed by atoms with Crippen LogP contribution < -0.4 is 10.6 Å². The molecule has 0 radical (unpaired) electrons. The number of carbonyl (C=O) groups excluding carboxylic acids is 2. The molecular formula is C27H32N2O5. The molecule has 0 aromatic heterocycles. The van der Waals surface area contributed by atoms with Gasteiger partial charge in [0.05, 0.1) is 11.8 Å². The molecule has 0 saturated heterocycles. The van der Waals surface area contributed by atoms with Crippen LogP contribution in [0.25, 0.3) is 11.1 Å². The van der Waals surface area contributed by atoms with Gasteiger partial charge in [0, 0.05) is 18.5 Å². The second kappa shape index (κ2) is 10.7. The van der Waals surface area contributed by atoms with Crippen molar-refractivity contribution in [3.8, 4) is 11.1 Å². The Balaban J connectivity index is 1.28. The quantitative estimate of drug-likeness (QED) is 0.480. The number of ether oxygens (including phenoxy) is 1. The summed E-state index contributed by atoms with van der Waals surface area (Å²) >= 11 is 0. The molecule has 34 heavy (non-hydrogen) atoms. The first-order valence-corrected chi connectivity index (χ1v) is 12.1.